The Morgan fingerprint density at radius 3 is 2.81 bits per heavy atom. The van der Waals surface area contributed by atoms with Crippen LogP contribution in [0.25, 0.3) is 0 Å². The minimum Gasteiger partial charge on any atom is -0.493 e. The number of hydrogen-bond acceptors (Lipinski definition) is 3. The zero-order chi connectivity index (χ0) is 15.4. The van der Waals surface area contributed by atoms with E-state index < -0.39 is 0 Å². The van der Waals surface area contributed by atoms with Gasteiger partial charge in [-0.15, -0.1) is 0 Å². The van der Waals surface area contributed by atoms with Crippen LogP contribution in [0.15, 0.2) is 28.9 Å². The quantitative estimate of drug-likeness (QED) is 0.862. The van der Waals surface area contributed by atoms with Gasteiger partial charge in [0.25, 0.3) is 0 Å². The van der Waals surface area contributed by atoms with Crippen molar-refractivity contribution in [2.75, 3.05) is 14.2 Å². The summed E-state index contributed by atoms with van der Waals surface area (Å²) in [5.74, 6) is 0.816. The molecule has 0 bridgehead atoms. The molecule has 2 aromatic rings. The molecular weight excluding hydrogens is 330 g/mol. The van der Waals surface area contributed by atoms with Crippen molar-refractivity contribution >= 4 is 15.9 Å². The first-order valence-electron chi connectivity index (χ1n) is 7.15. The summed E-state index contributed by atoms with van der Waals surface area (Å²) in [5.41, 5.74) is 3.48. The van der Waals surface area contributed by atoms with Gasteiger partial charge in [-0.05, 0) is 32.0 Å². The van der Waals surface area contributed by atoms with Gasteiger partial charge in [-0.3, -0.25) is 4.68 Å². The van der Waals surface area contributed by atoms with Crippen LogP contribution in [0.1, 0.15) is 36.2 Å². The van der Waals surface area contributed by atoms with Gasteiger partial charge < -0.3 is 10.1 Å². The molecule has 0 aliphatic heterocycles. The van der Waals surface area contributed by atoms with E-state index in [9.17, 15) is 0 Å². The number of benzene rings is 1. The average Bonchev–Trinajstić information content (AvgIpc) is 2.87. The minimum absolute atomic E-state index is 0.0308. The second-order valence-corrected chi connectivity index (χ2v) is 5.92. The second kappa shape index (κ2) is 7.09. The lowest BCUT2D eigenvalue weighted by molar-refractivity contribution is 0.400. The number of nitrogens with zero attached hydrogens (tertiary/aromatic N) is 2. The Labute approximate surface area is 134 Å². The van der Waals surface area contributed by atoms with Gasteiger partial charge in [-0.25, -0.2) is 0 Å². The highest BCUT2D eigenvalue weighted by Gasteiger charge is 2.24. The molecule has 0 aliphatic rings. The topological polar surface area (TPSA) is 39.1 Å². The van der Waals surface area contributed by atoms with Crippen LogP contribution in [-0.2, 0) is 6.54 Å². The summed E-state index contributed by atoms with van der Waals surface area (Å²) < 4.78 is 8.61. The Morgan fingerprint density at radius 2 is 2.19 bits per heavy atom. The van der Waals surface area contributed by atoms with E-state index in [2.05, 4.69) is 58.4 Å². The molecule has 114 valence electrons. The monoisotopic (exact) mass is 351 g/mol. The number of methoxy groups -OCH3 is 1. The molecule has 1 atom stereocenters. The van der Waals surface area contributed by atoms with E-state index in [0.29, 0.717) is 0 Å². The summed E-state index contributed by atoms with van der Waals surface area (Å²) >= 11 is 3.66. The van der Waals surface area contributed by atoms with Crippen molar-refractivity contribution in [3.8, 4) is 5.75 Å². The standard InChI is InChI=1S/C16H22BrN3O/c1-5-8-20-16(14(21-4)10-19-20)15(18-3)12-9-11(2)6-7-13(12)17/h6-7,9-10,15,18H,5,8H2,1-4H3. The zero-order valence-electron chi connectivity index (χ0n) is 13.0. The van der Waals surface area contributed by atoms with Crippen molar-refractivity contribution in [2.24, 2.45) is 0 Å². The molecule has 21 heavy (non-hydrogen) atoms. The van der Waals surface area contributed by atoms with Gasteiger partial charge in [0, 0.05) is 11.0 Å². The SMILES string of the molecule is CCCn1ncc(OC)c1C(NC)c1cc(C)ccc1Br. The van der Waals surface area contributed by atoms with Crippen LogP contribution >= 0.6 is 15.9 Å². The summed E-state index contributed by atoms with van der Waals surface area (Å²) in [6.45, 7) is 5.12. The molecule has 2 rings (SSSR count). The highest BCUT2D eigenvalue weighted by Crippen LogP contribution is 2.34. The maximum absolute atomic E-state index is 5.51. The number of aryl methyl sites for hydroxylation is 2. The predicted octanol–water partition coefficient (Wildman–Crippen LogP) is 3.68. The Morgan fingerprint density at radius 1 is 1.43 bits per heavy atom. The van der Waals surface area contributed by atoms with Crippen molar-refractivity contribution in [1.82, 2.24) is 15.1 Å². The van der Waals surface area contributed by atoms with Crippen LogP contribution in [0.4, 0.5) is 0 Å². The van der Waals surface area contributed by atoms with E-state index in [4.69, 9.17) is 4.74 Å². The van der Waals surface area contributed by atoms with Gasteiger partial charge in [0.15, 0.2) is 5.75 Å². The molecule has 1 N–H and O–H groups in total. The first-order valence-corrected chi connectivity index (χ1v) is 7.94. The third-order valence-electron chi connectivity index (χ3n) is 3.52. The molecule has 0 radical (unpaired) electrons. The minimum atomic E-state index is 0.0308. The predicted molar refractivity (Wildman–Crippen MR) is 88.9 cm³/mol. The number of nitrogens with one attached hydrogen (secondary N) is 1. The lowest BCUT2D eigenvalue weighted by Crippen LogP contribution is -2.23. The largest absolute Gasteiger partial charge is 0.493 e. The Hall–Kier alpha value is -1.33. The highest BCUT2D eigenvalue weighted by molar-refractivity contribution is 9.10. The molecule has 1 unspecified atom stereocenters. The third-order valence-corrected chi connectivity index (χ3v) is 4.25. The van der Waals surface area contributed by atoms with Crippen molar-refractivity contribution in [2.45, 2.75) is 32.9 Å². The molecule has 0 spiro atoms. The number of aromatic nitrogens is 2. The van der Waals surface area contributed by atoms with Gasteiger partial charge in [0.1, 0.15) is 5.69 Å². The summed E-state index contributed by atoms with van der Waals surface area (Å²) in [7, 11) is 3.65. The Bertz CT molecular complexity index is 610. The second-order valence-electron chi connectivity index (χ2n) is 5.07. The smallest absolute Gasteiger partial charge is 0.161 e. The summed E-state index contributed by atoms with van der Waals surface area (Å²) in [4.78, 5) is 0. The van der Waals surface area contributed by atoms with Crippen molar-refractivity contribution in [3.05, 3.63) is 45.7 Å². The Kier molecular flexibility index (Phi) is 5.42. The van der Waals surface area contributed by atoms with Crippen LogP contribution in [0.5, 0.6) is 5.75 Å². The van der Waals surface area contributed by atoms with Gasteiger partial charge in [-0.1, -0.05) is 40.5 Å². The van der Waals surface area contributed by atoms with E-state index in [1.54, 1.807) is 13.3 Å². The molecule has 5 heteroatoms. The molecule has 1 aromatic carbocycles. The van der Waals surface area contributed by atoms with Gasteiger partial charge in [-0.2, -0.15) is 5.10 Å². The fourth-order valence-electron chi connectivity index (χ4n) is 2.54. The van der Waals surface area contributed by atoms with Gasteiger partial charge >= 0.3 is 0 Å². The van der Waals surface area contributed by atoms with Crippen LogP contribution in [0.2, 0.25) is 0 Å². The lowest BCUT2D eigenvalue weighted by atomic mass is 10.0. The van der Waals surface area contributed by atoms with Crippen molar-refractivity contribution in [3.63, 3.8) is 0 Å². The van der Waals surface area contributed by atoms with Crippen molar-refractivity contribution in [1.29, 1.82) is 0 Å². The number of rotatable bonds is 6. The average molecular weight is 352 g/mol. The first kappa shape index (κ1) is 16.0. The van der Waals surface area contributed by atoms with Gasteiger partial charge in [0.05, 0.1) is 19.3 Å². The first-order chi connectivity index (χ1) is 10.1. The third kappa shape index (κ3) is 3.30. The van der Waals surface area contributed by atoms with Crippen LogP contribution in [-0.4, -0.2) is 23.9 Å². The van der Waals surface area contributed by atoms with E-state index in [1.807, 2.05) is 11.7 Å². The van der Waals surface area contributed by atoms with Gasteiger partial charge in [0.2, 0.25) is 0 Å². The summed E-state index contributed by atoms with van der Waals surface area (Å²) in [6, 6.07) is 6.40. The fraction of sp³-hybridized carbons (Fsp3) is 0.438. The number of hydrogen-bond donors (Lipinski definition) is 1. The zero-order valence-corrected chi connectivity index (χ0v) is 14.6. The molecular formula is C16H22BrN3O. The normalized spacial score (nSPS) is 12.4. The van der Waals surface area contributed by atoms with E-state index in [-0.39, 0.29) is 6.04 Å². The number of ether oxygens (including phenoxy) is 1. The molecule has 4 nitrogen and oxygen atoms in total. The molecule has 1 aromatic heterocycles. The molecule has 1 heterocycles. The summed E-state index contributed by atoms with van der Waals surface area (Å²) in [6.07, 6.45) is 2.82. The molecule has 0 aliphatic carbocycles. The fourth-order valence-corrected chi connectivity index (χ4v) is 3.02. The van der Waals surface area contributed by atoms with E-state index in [1.165, 1.54) is 11.1 Å². The summed E-state index contributed by atoms with van der Waals surface area (Å²) in [5, 5.41) is 7.85. The number of halogens is 1. The molecule has 0 saturated heterocycles. The molecule has 0 amide bonds. The Balaban J connectivity index is 2.55. The maximum atomic E-state index is 5.51. The highest BCUT2D eigenvalue weighted by atomic mass is 79.9. The van der Waals surface area contributed by atoms with Crippen LogP contribution in [0, 0.1) is 6.92 Å². The maximum Gasteiger partial charge on any atom is 0.161 e. The lowest BCUT2D eigenvalue weighted by Gasteiger charge is -2.21. The van der Waals surface area contributed by atoms with E-state index >= 15 is 0 Å². The van der Waals surface area contributed by atoms with Crippen molar-refractivity contribution < 1.29 is 4.74 Å². The molecule has 0 fully saturated rings. The van der Waals surface area contributed by atoms with Crippen LogP contribution in [0.3, 0.4) is 0 Å². The molecule has 0 saturated carbocycles. The van der Waals surface area contributed by atoms with Crippen LogP contribution < -0.4 is 10.1 Å². The van der Waals surface area contributed by atoms with E-state index in [0.717, 1.165) is 28.9 Å².